The van der Waals surface area contributed by atoms with Crippen molar-refractivity contribution < 1.29 is 4.42 Å². The summed E-state index contributed by atoms with van der Waals surface area (Å²) in [4.78, 5) is 2.42. The van der Waals surface area contributed by atoms with E-state index in [0.29, 0.717) is 0 Å². The molecule has 0 radical (unpaired) electrons. The molecule has 3 heteroatoms. The van der Waals surface area contributed by atoms with Crippen molar-refractivity contribution >= 4 is 70.5 Å². The number of thiophene rings is 1. The molecule has 45 heavy (non-hydrogen) atoms. The average Bonchev–Trinajstić information content (AvgIpc) is 3.69. The predicted octanol–water partition coefficient (Wildman–Crippen LogP) is 12.8. The third kappa shape index (κ3) is 4.16. The van der Waals surface area contributed by atoms with E-state index in [2.05, 4.69) is 163 Å². The van der Waals surface area contributed by atoms with Gasteiger partial charge in [0.1, 0.15) is 5.58 Å². The molecule has 2 nitrogen and oxygen atoms in total. The van der Waals surface area contributed by atoms with Gasteiger partial charge < -0.3 is 9.32 Å². The summed E-state index contributed by atoms with van der Waals surface area (Å²) in [6.07, 6.45) is 0. The number of hydrogen-bond donors (Lipinski definition) is 0. The van der Waals surface area contributed by atoms with Crippen molar-refractivity contribution in [2.75, 3.05) is 4.90 Å². The molecule has 0 aliphatic heterocycles. The molecule has 0 spiro atoms. The molecule has 0 fully saturated rings. The van der Waals surface area contributed by atoms with Crippen molar-refractivity contribution in [2.24, 2.45) is 0 Å². The van der Waals surface area contributed by atoms with Crippen LogP contribution < -0.4 is 4.90 Å². The molecular formula is C42H27NOS. The van der Waals surface area contributed by atoms with Gasteiger partial charge in [-0.2, -0.15) is 0 Å². The highest BCUT2D eigenvalue weighted by molar-refractivity contribution is 7.26. The summed E-state index contributed by atoms with van der Waals surface area (Å²) >= 11 is 1.85. The van der Waals surface area contributed by atoms with Gasteiger partial charge in [0.2, 0.25) is 0 Å². The molecule has 0 atom stereocenters. The second kappa shape index (κ2) is 10.5. The Hall–Kier alpha value is -5.64. The highest BCUT2D eigenvalue weighted by atomic mass is 32.1. The molecule has 0 N–H and O–H groups in total. The van der Waals surface area contributed by atoms with Crippen molar-refractivity contribution in [3.63, 3.8) is 0 Å². The van der Waals surface area contributed by atoms with Crippen molar-refractivity contribution in [1.82, 2.24) is 0 Å². The Morgan fingerprint density at radius 2 is 1.04 bits per heavy atom. The van der Waals surface area contributed by atoms with E-state index >= 15 is 0 Å². The second-order valence-electron chi connectivity index (χ2n) is 11.3. The van der Waals surface area contributed by atoms with E-state index in [1.54, 1.807) is 0 Å². The molecule has 0 saturated heterocycles. The van der Waals surface area contributed by atoms with Crippen LogP contribution in [0, 0.1) is 0 Å². The summed E-state index contributed by atoms with van der Waals surface area (Å²) in [5.74, 6) is 0. The normalized spacial score (nSPS) is 11.6. The maximum atomic E-state index is 6.85. The molecule has 212 valence electrons. The molecule has 9 rings (SSSR count). The van der Waals surface area contributed by atoms with E-state index in [1.807, 2.05) is 17.4 Å². The molecule has 0 amide bonds. The van der Waals surface area contributed by atoms with E-state index < -0.39 is 0 Å². The number of para-hydroxylation sites is 2. The highest BCUT2D eigenvalue weighted by Gasteiger charge is 2.25. The van der Waals surface area contributed by atoms with E-state index in [4.69, 9.17) is 4.42 Å². The van der Waals surface area contributed by atoms with Crippen LogP contribution in [0.15, 0.2) is 168 Å². The summed E-state index contributed by atoms with van der Waals surface area (Å²) < 4.78 is 9.38. The van der Waals surface area contributed by atoms with Crippen LogP contribution in [0.5, 0.6) is 0 Å². The minimum atomic E-state index is 0.874. The van der Waals surface area contributed by atoms with Gasteiger partial charge in [-0.3, -0.25) is 0 Å². The second-order valence-corrected chi connectivity index (χ2v) is 12.3. The fourth-order valence-corrected chi connectivity index (χ4v) is 7.88. The van der Waals surface area contributed by atoms with E-state index in [9.17, 15) is 0 Å². The Balaban J connectivity index is 1.41. The Labute approximate surface area is 265 Å². The molecule has 0 saturated carbocycles. The largest absolute Gasteiger partial charge is 0.454 e. The van der Waals surface area contributed by atoms with Gasteiger partial charge in [0.05, 0.1) is 21.8 Å². The number of nitrogens with zero attached hydrogens (tertiary/aromatic N) is 1. The van der Waals surface area contributed by atoms with E-state index in [-0.39, 0.29) is 0 Å². The lowest BCUT2D eigenvalue weighted by Gasteiger charge is -2.28. The van der Waals surface area contributed by atoms with Crippen molar-refractivity contribution in [1.29, 1.82) is 0 Å². The van der Waals surface area contributed by atoms with Crippen LogP contribution in [0.4, 0.5) is 17.1 Å². The predicted molar refractivity (Wildman–Crippen MR) is 192 cm³/mol. The zero-order valence-electron chi connectivity index (χ0n) is 24.4. The Morgan fingerprint density at radius 3 is 1.87 bits per heavy atom. The monoisotopic (exact) mass is 593 g/mol. The first kappa shape index (κ1) is 25.8. The lowest BCUT2D eigenvalue weighted by Crippen LogP contribution is -2.12. The van der Waals surface area contributed by atoms with Crippen LogP contribution >= 0.6 is 11.3 Å². The fourth-order valence-electron chi connectivity index (χ4n) is 6.68. The number of rotatable bonds is 5. The van der Waals surface area contributed by atoms with Gasteiger partial charge in [0.15, 0.2) is 5.58 Å². The Morgan fingerprint density at radius 1 is 0.422 bits per heavy atom. The third-order valence-corrected chi connectivity index (χ3v) is 9.89. The summed E-state index contributed by atoms with van der Waals surface area (Å²) in [6, 6.07) is 58.3. The maximum absolute atomic E-state index is 6.85. The van der Waals surface area contributed by atoms with Crippen LogP contribution in [0.2, 0.25) is 0 Å². The Bertz CT molecular complexity index is 2490. The number of fused-ring (bicyclic) bond motifs is 6. The Kier molecular flexibility index (Phi) is 6.03. The summed E-state index contributed by atoms with van der Waals surface area (Å²) in [7, 11) is 0. The summed E-state index contributed by atoms with van der Waals surface area (Å²) in [5, 5.41) is 4.78. The molecule has 0 aliphatic rings. The van der Waals surface area contributed by atoms with Crippen LogP contribution in [-0.2, 0) is 0 Å². The number of furan rings is 1. The minimum Gasteiger partial charge on any atom is -0.454 e. The minimum absolute atomic E-state index is 0.874. The third-order valence-electron chi connectivity index (χ3n) is 8.69. The van der Waals surface area contributed by atoms with E-state index in [1.165, 1.54) is 31.3 Å². The smallest absolute Gasteiger partial charge is 0.160 e. The van der Waals surface area contributed by atoms with Gasteiger partial charge >= 0.3 is 0 Å². The van der Waals surface area contributed by atoms with Crippen molar-refractivity contribution in [2.45, 2.75) is 0 Å². The van der Waals surface area contributed by atoms with Gasteiger partial charge in [-0.05, 0) is 47.0 Å². The van der Waals surface area contributed by atoms with E-state index in [0.717, 1.165) is 50.1 Å². The first-order chi connectivity index (χ1) is 22.3. The van der Waals surface area contributed by atoms with Gasteiger partial charge in [0, 0.05) is 31.8 Å². The summed E-state index contributed by atoms with van der Waals surface area (Å²) in [6.45, 7) is 0. The molecule has 9 aromatic rings. The lowest BCUT2D eigenvalue weighted by molar-refractivity contribution is 0.669. The van der Waals surface area contributed by atoms with Gasteiger partial charge in [0.25, 0.3) is 0 Å². The molecule has 2 heterocycles. The fraction of sp³-hybridized carbons (Fsp3) is 0. The first-order valence-corrected chi connectivity index (χ1v) is 16.0. The van der Waals surface area contributed by atoms with Gasteiger partial charge in [-0.25, -0.2) is 0 Å². The SMILES string of the molecule is c1ccc(-c2ccccc2N(c2ccc(-c3ccccc3)c3c2oc2ccccc23)c2cccc3c2sc2ccccc23)cc1. The number of hydrogen-bond acceptors (Lipinski definition) is 3. The quantitative estimate of drug-likeness (QED) is 0.197. The maximum Gasteiger partial charge on any atom is 0.160 e. The molecule has 0 bridgehead atoms. The molecule has 0 unspecified atom stereocenters. The van der Waals surface area contributed by atoms with Crippen LogP contribution in [0.1, 0.15) is 0 Å². The average molecular weight is 594 g/mol. The van der Waals surface area contributed by atoms with Crippen LogP contribution in [0.3, 0.4) is 0 Å². The molecular weight excluding hydrogens is 567 g/mol. The molecule has 7 aromatic carbocycles. The standard InChI is InChI=1S/C42H27NOS/c1-3-14-28(15-4-1)30-18-7-10-22-35(30)43(37-23-13-21-33-32-19-9-12-25-39(32)45-42(33)37)36-27-26-31(29-16-5-2-6-17-29)40-34-20-8-11-24-38(34)44-41(36)40/h1-27H. The first-order valence-electron chi connectivity index (χ1n) is 15.2. The van der Waals surface area contributed by atoms with Crippen LogP contribution in [0.25, 0.3) is 64.4 Å². The summed E-state index contributed by atoms with van der Waals surface area (Å²) in [5.41, 5.74) is 9.66. The van der Waals surface area contributed by atoms with Crippen molar-refractivity contribution in [3.8, 4) is 22.3 Å². The van der Waals surface area contributed by atoms with Gasteiger partial charge in [-0.15, -0.1) is 11.3 Å². The lowest BCUT2D eigenvalue weighted by atomic mass is 9.97. The molecule has 2 aromatic heterocycles. The van der Waals surface area contributed by atoms with Crippen LogP contribution in [-0.4, -0.2) is 0 Å². The van der Waals surface area contributed by atoms with Gasteiger partial charge in [-0.1, -0.05) is 133 Å². The highest BCUT2D eigenvalue weighted by Crippen LogP contribution is 2.50. The number of benzene rings is 7. The topological polar surface area (TPSA) is 16.4 Å². The van der Waals surface area contributed by atoms with Crippen molar-refractivity contribution in [3.05, 3.63) is 164 Å². The molecule has 0 aliphatic carbocycles. The zero-order valence-corrected chi connectivity index (χ0v) is 25.2. The zero-order chi connectivity index (χ0) is 29.7. The number of anilines is 3.